The minimum Gasteiger partial charge on any atom is -0.481 e. The van der Waals surface area contributed by atoms with Gasteiger partial charge in [0, 0.05) is 12.6 Å². The molecule has 5 nitrogen and oxygen atoms in total. The zero-order valence-electron chi connectivity index (χ0n) is 10.1. The fraction of sp³-hybridized carbons (Fsp3) is 0.818. The maximum absolute atomic E-state index is 12.0. The third-order valence-electron chi connectivity index (χ3n) is 2.79. The highest BCUT2D eigenvalue weighted by molar-refractivity contribution is 7.98. The topological polar surface area (TPSA) is 83.6 Å². The van der Waals surface area contributed by atoms with Crippen LogP contribution < -0.4 is 5.73 Å². The molecule has 1 aliphatic carbocycles. The molecule has 0 aromatic carbocycles. The van der Waals surface area contributed by atoms with Crippen molar-refractivity contribution >= 4 is 23.6 Å². The van der Waals surface area contributed by atoms with Crippen LogP contribution in [0.3, 0.4) is 0 Å². The van der Waals surface area contributed by atoms with Gasteiger partial charge in [-0.1, -0.05) is 0 Å². The molecular formula is C11H20N2O3S. The molecule has 1 amide bonds. The molecule has 0 bridgehead atoms. The Labute approximate surface area is 106 Å². The number of hydrogen-bond acceptors (Lipinski definition) is 4. The van der Waals surface area contributed by atoms with E-state index in [4.69, 9.17) is 10.8 Å². The lowest BCUT2D eigenvalue weighted by atomic mass is 10.2. The molecule has 0 heterocycles. The van der Waals surface area contributed by atoms with E-state index in [2.05, 4.69) is 0 Å². The van der Waals surface area contributed by atoms with Gasteiger partial charge in [-0.05, 0) is 31.3 Å². The molecule has 1 saturated carbocycles. The summed E-state index contributed by atoms with van der Waals surface area (Å²) in [5.41, 5.74) is 5.82. The number of amides is 1. The molecule has 17 heavy (non-hydrogen) atoms. The second kappa shape index (κ2) is 6.86. The van der Waals surface area contributed by atoms with Crippen LogP contribution >= 0.6 is 11.8 Å². The maximum atomic E-state index is 12.0. The van der Waals surface area contributed by atoms with Crippen LogP contribution in [0.4, 0.5) is 0 Å². The number of nitrogens with zero attached hydrogens (tertiary/aromatic N) is 1. The Hall–Kier alpha value is -0.750. The Morgan fingerprint density at radius 1 is 1.53 bits per heavy atom. The number of carbonyl (C=O) groups is 2. The van der Waals surface area contributed by atoms with E-state index in [9.17, 15) is 9.59 Å². The molecule has 1 rings (SSSR count). The van der Waals surface area contributed by atoms with Gasteiger partial charge in [0.15, 0.2) is 0 Å². The van der Waals surface area contributed by atoms with Gasteiger partial charge in [0.2, 0.25) is 5.91 Å². The monoisotopic (exact) mass is 260 g/mol. The third-order valence-corrected chi connectivity index (χ3v) is 3.43. The number of carbonyl (C=O) groups excluding carboxylic acids is 1. The van der Waals surface area contributed by atoms with Crippen molar-refractivity contribution in [3.05, 3.63) is 0 Å². The van der Waals surface area contributed by atoms with Crippen molar-refractivity contribution in [2.75, 3.05) is 18.6 Å². The van der Waals surface area contributed by atoms with Crippen molar-refractivity contribution < 1.29 is 14.7 Å². The second-order valence-electron chi connectivity index (χ2n) is 4.29. The smallest absolute Gasteiger partial charge is 0.305 e. The fourth-order valence-corrected chi connectivity index (χ4v) is 2.15. The first kappa shape index (κ1) is 14.3. The van der Waals surface area contributed by atoms with Gasteiger partial charge in [-0.15, -0.1) is 0 Å². The molecule has 0 radical (unpaired) electrons. The summed E-state index contributed by atoms with van der Waals surface area (Å²) in [4.78, 5) is 24.2. The summed E-state index contributed by atoms with van der Waals surface area (Å²) in [6.45, 7) is 0.284. The van der Waals surface area contributed by atoms with E-state index in [-0.39, 0.29) is 24.9 Å². The summed E-state index contributed by atoms with van der Waals surface area (Å²) in [6, 6.07) is -0.265. The van der Waals surface area contributed by atoms with Crippen LogP contribution in [0.25, 0.3) is 0 Å². The van der Waals surface area contributed by atoms with E-state index in [0.29, 0.717) is 6.42 Å². The van der Waals surface area contributed by atoms with E-state index in [1.165, 1.54) is 0 Å². The molecule has 0 aromatic heterocycles. The van der Waals surface area contributed by atoms with E-state index in [1.54, 1.807) is 16.7 Å². The average molecular weight is 260 g/mol. The maximum Gasteiger partial charge on any atom is 0.305 e. The minimum absolute atomic E-state index is 0.00249. The summed E-state index contributed by atoms with van der Waals surface area (Å²) in [7, 11) is 0. The van der Waals surface area contributed by atoms with Gasteiger partial charge in [0.05, 0.1) is 12.5 Å². The summed E-state index contributed by atoms with van der Waals surface area (Å²) >= 11 is 1.66. The summed E-state index contributed by atoms with van der Waals surface area (Å²) in [6.07, 6.45) is 4.56. The van der Waals surface area contributed by atoms with Gasteiger partial charge < -0.3 is 15.7 Å². The highest BCUT2D eigenvalue weighted by Crippen LogP contribution is 2.27. The molecule has 98 valence electrons. The Morgan fingerprint density at radius 2 is 2.18 bits per heavy atom. The largest absolute Gasteiger partial charge is 0.481 e. The molecule has 1 atom stereocenters. The van der Waals surface area contributed by atoms with Crippen molar-refractivity contribution in [1.29, 1.82) is 0 Å². The van der Waals surface area contributed by atoms with Crippen LogP contribution in [0.2, 0.25) is 0 Å². The normalized spacial score (nSPS) is 16.6. The Morgan fingerprint density at radius 3 is 2.65 bits per heavy atom. The van der Waals surface area contributed by atoms with Crippen molar-refractivity contribution in [3.8, 4) is 0 Å². The fourth-order valence-electron chi connectivity index (χ4n) is 1.66. The van der Waals surface area contributed by atoms with Crippen LogP contribution in [-0.2, 0) is 9.59 Å². The van der Waals surface area contributed by atoms with Crippen LogP contribution in [0.15, 0.2) is 0 Å². The molecule has 3 N–H and O–H groups in total. The average Bonchev–Trinajstić information content (AvgIpc) is 3.09. The van der Waals surface area contributed by atoms with Crippen LogP contribution in [0.1, 0.15) is 25.7 Å². The molecule has 0 saturated heterocycles. The van der Waals surface area contributed by atoms with Crippen molar-refractivity contribution in [2.45, 2.75) is 37.8 Å². The quantitative estimate of drug-likeness (QED) is 0.665. The first-order valence-electron chi connectivity index (χ1n) is 5.83. The number of thioether (sulfide) groups is 1. The highest BCUT2D eigenvalue weighted by atomic mass is 32.2. The highest BCUT2D eigenvalue weighted by Gasteiger charge is 2.34. The van der Waals surface area contributed by atoms with Gasteiger partial charge in [-0.3, -0.25) is 9.59 Å². The van der Waals surface area contributed by atoms with Crippen LogP contribution in [0.5, 0.6) is 0 Å². The van der Waals surface area contributed by atoms with Crippen molar-refractivity contribution in [2.24, 2.45) is 5.73 Å². The third kappa shape index (κ3) is 4.95. The molecule has 1 fully saturated rings. The number of hydrogen-bond donors (Lipinski definition) is 2. The lowest BCUT2D eigenvalue weighted by Gasteiger charge is -2.25. The zero-order chi connectivity index (χ0) is 12.8. The number of nitrogens with two attached hydrogens (primary N) is 1. The Bertz CT molecular complexity index is 282. The van der Waals surface area contributed by atoms with E-state index in [1.807, 2.05) is 6.26 Å². The predicted molar refractivity (Wildman–Crippen MR) is 68.0 cm³/mol. The first-order valence-corrected chi connectivity index (χ1v) is 7.22. The van der Waals surface area contributed by atoms with Gasteiger partial charge in [0.1, 0.15) is 0 Å². The van der Waals surface area contributed by atoms with Gasteiger partial charge >= 0.3 is 5.97 Å². The number of rotatable bonds is 8. The molecule has 6 heteroatoms. The summed E-state index contributed by atoms with van der Waals surface area (Å²) < 4.78 is 0. The van der Waals surface area contributed by atoms with Crippen LogP contribution in [-0.4, -0.2) is 52.5 Å². The summed E-state index contributed by atoms with van der Waals surface area (Å²) in [5, 5.41) is 8.65. The first-order chi connectivity index (χ1) is 8.06. The van der Waals surface area contributed by atoms with E-state index < -0.39 is 12.0 Å². The zero-order valence-corrected chi connectivity index (χ0v) is 10.9. The second-order valence-corrected chi connectivity index (χ2v) is 5.28. The predicted octanol–water partition coefficient (Wildman–Crippen LogP) is 0.532. The van der Waals surface area contributed by atoms with Crippen LogP contribution in [0, 0.1) is 0 Å². The molecule has 1 aliphatic rings. The lowest BCUT2D eigenvalue weighted by Crippen LogP contribution is -2.46. The van der Waals surface area contributed by atoms with Crippen molar-refractivity contribution in [3.63, 3.8) is 0 Å². The molecule has 0 unspecified atom stereocenters. The number of carboxylic acid groups (broad SMARTS) is 1. The molecule has 0 spiro atoms. The lowest BCUT2D eigenvalue weighted by molar-refractivity contribution is -0.139. The van der Waals surface area contributed by atoms with Gasteiger partial charge in [-0.2, -0.15) is 11.8 Å². The molecular weight excluding hydrogens is 240 g/mol. The summed E-state index contributed by atoms with van der Waals surface area (Å²) in [5.74, 6) is -0.117. The van der Waals surface area contributed by atoms with Gasteiger partial charge in [0.25, 0.3) is 0 Å². The Kier molecular flexibility index (Phi) is 5.77. The standard InChI is InChI=1S/C11H20N2O3S/c1-17-7-5-9(12)11(16)13(8-2-3-8)6-4-10(14)15/h8-9H,2-7,12H2,1H3,(H,14,15)/t9-/m0/s1. The van der Waals surface area contributed by atoms with Crippen molar-refractivity contribution in [1.82, 2.24) is 4.90 Å². The number of carboxylic acids is 1. The molecule has 0 aromatic rings. The van der Waals surface area contributed by atoms with E-state index in [0.717, 1.165) is 18.6 Å². The Balaban J connectivity index is 2.45. The molecule has 0 aliphatic heterocycles. The van der Waals surface area contributed by atoms with Gasteiger partial charge in [-0.25, -0.2) is 0 Å². The number of aliphatic carboxylic acids is 1. The minimum atomic E-state index is -0.874. The SMILES string of the molecule is CSCC[C@H](N)C(=O)N(CCC(=O)O)C1CC1. The van der Waals surface area contributed by atoms with E-state index >= 15 is 0 Å².